The molecule has 0 atom stereocenters. The molecule has 0 aliphatic carbocycles. The van der Waals surface area contributed by atoms with Gasteiger partial charge in [-0.2, -0.15) is 0 Å². The minimum atomic E-state index is -0.406. The number of carbonyl (C=O) groups is 3. The Bertz CT molecular complexity index is 1520. The lowest BCUT2D eigenvalue weighted by Crippen LogP contribution is -2.32. The van der Waals surface area contributed by atoms with Gasteiger partial charge in [-0.3, -0.25) is 19.3 Å². The smallest absolute Gasteiger partial charge is 0.293 e. The van der Waals surface area contributed by atoms with Crippen LogP contribution < -0.4 is 14.8 Å². The Balaban J connectivity index is 1.41. The molecule has 214 valence electrons. The Labute approximate surface area is 257 Å². The third kappa shape index (κ3) is 7.93. The van der Waals surface area contributed by atoms with Gasteiger partial charge in [-0.1, -0.05) is 59.6 Å². The molecule has 0 radical (unpaired) electrons. The first-order chi connectivity index (χ1) is 19.5. The number of nitrogens with zero attached hydrogens (tertiary/aromatic N) is 1. The van der Waals surface area contributed by atoms with Crippen molar-refractivity contribution in [1.82, 2.24) is 4.90 Å². The van der Waals surface area contributed by atoms with Gasteiger partial charge in [-0.05, 0) is 90.7 Å². The van der Waals surface area contributed by atoms with Gasteiger partial charge in [0, 0.05) is 20.7 Å². The van der Waals surface area contributed by atoms with Gasteiger partial charge in [-0.25, -0.2) is 0 Å². The van der Waals surface area contributed by atoms with Crippen LogP contribution >= 0.6 is 39.3 Å². The molecule has 0 unspecified atom stereocenters. The van der Waals surface area contributed by atoms with E-state index in [-0.39, 0.29) is 41.7 Å². The molecule has 0 saturated carbocycles. The van der Waals surface area contributed by atoms with E-state index in [0.717, 1.165) is 38.7 Å². The summed E-state index contributed by atoms with van der Waals surface area (Å²) in [5.74, 6) is 0.652. The first kappa shape index (κ1) is 30.7. The topological polar surface area (TPSA) is 84.9 Å². The first-order valence-electron chi connectivity index (χ1n) is 13.0. The van der Waals surface area contributed by atoms with E-state index in [1.165, 1.54) is 4.90 Å². The Kier molecular flexibility index (Phi) is 10.2. The summed E-state index contributed by atoms with van der Waals surface area (Å²) in [5, 5.41) is 2.93. The minimum Gasteiger partial charge on any atom is -0.491 e. The zero-order valence-electron chi connectivity index (χ0n) is 23.1. The highest BCUT2D eigenvalue weighted by molar-refractivity contribution is 9.10. The molecule has 7 nitrogen and oxygen atoms in total. The lowest BCUT2D eigenvalue weighted by Gasteiger charge is -2.17. The van der Waals surface area contributed by atoms with Crippen molar-refractivity contribution in [3.05, 3.63) is 91.3 Å². The third-order valence-electron chi connectivity index (χ3n) is 6.31. The summed E-state index contributed by atoms with van der Waals surface area (Å²) in [6.07, 6.45) is 1.60. The monoisotopic (exact) mass is 656 g/mol. The molecule has 0 bridgehead atoms. The van der Waals surface area contributed by atoms with E-state index >= 15 is 0 Å². The van der Waals surface area contributed by atoms with Crippen molar-refractivity contribution < 1.29 is 23.9 Å². The molecule has 1 heterocycles. The molecule has 3 aromatic rings. The molecule has 41 heavy (non-hydrogen) atoms. The van der Waals surface area contributed by atoms with E-state index in [1.807, 2.05) is 38.1 Å². The lowest BCUT2D eigenvalue weighted by atomic mass is 10.0. The number of anilines is 1. The second kappa shape index (κ2) is 13.6. The number of hydrogen-bond donors (Lipinski definition) is 1. The predicted molar refractivity (Wildman–Crippen MR) is 168 cm³/mol. The van der Waals surface area contributed by atoms with Gasteiger partial charge in [-0.15, -0.1) is 0 Å². The zero-order valence-corrected chi connectivity index (χ0v) is 26.3. The van der Waals surface area contributed by atoms with Crippen LogP contribution in [0.4, 0.5) is 10.5 Å². The normalized spacial score (nSPS) is 14.2. The van der Waals surface area contributed by atoms with Gasteiger partial charge < -0.3 is 14.8 Å². The molecular formula is C31H30BrClN2O5S. The van der Waals surface area contributed by atoms with E-state index < -0.39 is 5.91 Å². The lowest BCUT2D eigenvalue weighted by molar-refractivity contribution is -0.123. The summed E-state index contributed by atoms with van der Waals surface area (Å²) < 4.78 is 12.5. The summed E-state index contributed by atoms with van der Waals surface area (Å²) >= 11 is 10.4. The van der Waals surface area contributed by atoms with Crippen molar-refractivity contribution in [2.75, 3.05) is 25.1 Å². The number of thioether (sulfide) groups is 1. The molecular weight excluding hydrogens is 628 g/mol. The molecule has 3 aromatic carbocycles. The van der Waals surface area contributed by atoms with Crippen molar-refractivity contribution in [1.29, 1.82) is 0 Å². The Morgan fingerprint density at radius 3 is 2.56 bits per heavy atom. The number of rotatable bonds is 10. The molecule has 1 aliphatic rings. The van der Waals surface area contributed by atoms with E-state index in [2.05, 4.69) is 35.1 Å². The van der Waals surface area contributed by atoms with Crippen LogP contribution in [-0.4, -0.2) is 41.7 Å². The van der Waals surface area contributed by atoms with E-state index in [4.69, 9.17) is 21.1 Å². The average Bonchev–Trinajstić information content (AvgIpc) is 3.17. The van der Waals surface area contributed by atoms with Gasteiger partial charge in [0.15, 0.2) is 6.61 Å². The predicted octanol–water partition coefficient (Wildman–Crippen LogP) is 7.98. The van der Waals surface area contributed by atoms with Crippen LogP contribution in [0.1, 0.15) is 42.0 Å². The second-order valence-corrected chi connectivity index (χ2v) is 12.2. The highest BCUT2D eigenvalue weighted by Gasteiger charge is 2.35. The zero-order chi connectivity index (χ0) is 29.7. The quantitative estimate of drug-likeness (QED) is 0.223. The van der Waals surface area contributed by atoms with Crippen LogP contribution in [0.2, 0.25) is 5.02 Å². The number of hydrogen-bond acceptors (Lipinski definition) is 6. The van der Waals surface area contributed by atoms with E-state index in [0.29, 0.717) is 22.0 Å². The molecule has 3 amide bonds. The van der Waals surface area contributed by atoms with E-state index in [1.54, 1.807) is 36.4 Å². The number of amides is 3. The van der Waals surface area contributed by atoms with Crippen LogP contribution in [0.5, 0.6) is 11.5 Å². The molecule has 1 fully saturated rings. The molecule has 1 saturated heterocycles. The number of imide groups is 1. The minimum absolute atomic E-state index is 0.124. The van der Waals surface area contributed by atoms with Crippen LogP contribution in [0.3, 0.4) is 0 Å². The summed E-state index contributed by atoms with van der Waals surface area (Å²) in [7, 11) is 0. The number of ether oxygens (including phenoxy) is 2. The summed E-state index contributed by atoms with van der Waals surface area (Å²) in [5.41, 5.74) is 4.16. The van der Waals surface area contributed by atoms with Gasteiger partial charge in [0.05, 0.1) is 11.4 Å². The van der Waals surface area contributed by atoms with Crippen molar-refractivity contribution in [3.63, 3.8) is 0 Å². The third-order valence-corrected chi connectivity index (χ3v) is 8.12. The summed E-state index contributed by atoms with van der Waals surface area (Å²) in [6.45, 7) is 8.09. The number of aryl methyl sites for hydroxylation is 2. The SMILES string of the molecule is Cc1ccc(C(C)C)c(OCCN2C(=O)S/C(=C\c3cc(Br)ccc3OCC(=O)Nc3ccc(C)c(Cl)c3)C2=O)c1. The second-order valence-electron chi connectivity index (χ2n) is 9.86. The van der Waals surface area contributed by atoms with Crippen molar-refractivity contribution in [2.24, 2.45) is 0 Å². The fraction of sp³-hybridized carbons (Fsp3) is 0.258. The Morgan fingerprint density at radius 1 is 1.05 bits per heavy atom. The van der Waals surface area contributed by atoms with Crippen molar-refractivity contribution in [2.45, 2.75) is 33.6 Å². The van der Waals surface area contributed by atoms with Gasteiger partial charge in [0.2, 0.25) is 0 Å². The maximum absolute atomic E-state index is 13.1. The highest BCUT2D eigenvalue weighted by atomic mass is 79.9. The van der Waals surface area contributed by atoms with Gasteiger partial charge >= 0.3 is 0 Å². The van der Waals surface area contributed by atoms with Crippen LogP contribution in [0.25, 0.3) is 6.08 Å². The van der Waals surface area contributed by atoms with Crippen LogP contribution in [0, 0.1) is 13.8 Å². The number of benzene rings is 3. The molecule has 0 aromatic heterocycles. The highest BCUT2D eigenvalue weighted by Crippen LogP contribution is 2.35. The average molecular weight is 658 g/mol. The summed E-state index contributed by atoms with van der Waals surface area (Å²) in [6, 6.07) is 16.5. The maximum Gasteiger partial charge on any atom is 0.293 e. The Hall–Kier alpha value is -3.27. The molecule has 1 N–H and O–H groups in total. The van der Waals surface area contributed by atoms with Gasteiger partial charge in [0.25, 0.3) is 17.1 Å². The fourth-order valence-corrected chi connectivity index (χ4v) is 5.51. The van der Waals surface area contributed by atoms with Crippen molar-refractivity contribution >= 4 is 68.1 Å². The van der Waals surface area contributed by atoms with Gasteiger partial charge in [0.1, 0.15) is 18.1 Å². The Morgan fingerprint density at radius 2 is 1.83 bits per heavy atom. The summed E-state index contributed by atoms with van der Waals surface area (Å²) in [4.78, 5) is 39.8. The largest absolute Gasteiger partial charge is 0.491 e. The van der Waals surface area contributed by atoms with Crippen molar-refractivity contribution in [3.8, 4) is 11.5 Å². The van der Waals surface area contributed by atoms with E-state index in [9.17, 15) is 14.4 Å². The number of nitrogens with one attached hydrogen (secondary N) is 1. The standard InChI is InChI=1S/C31H30BrClN2O5S/c1-18(2)24-9-5-19(3)13-27(24)39-12-11-35-30(37)28(41-31(35)38)15-21-14-22(32)7-10-26(21)40-17-29(36)34-23-8-6-20(4)25(33)16-23/h5-10,13-16,18H,11-12,17H2,1-4H3,(H,34,36)/b28-15-. The molecule has 1 aliphatic heterocycles. The van der Waals surface area contributed by atoms with Crippen LogP contribution in [-0.2, 0) is 9.59 Å². The molecule has 0 spiro atoms. The van der Waals surface area contributed by atoms with Crippen LogP contribution in [0.15, 0.2) is 64.0 Å². The number of halogens is 2. The first-order valence-corrected chi connectivity index (χ1v) is 15.0. The molecule has 4 rings (SSSR count). The number of carbonyl (C=O) groups excluding carboxylic acids is 3. The maximum atomic E-state index is 13.1. The molecule has 10 heteroatoms. The fourth-order valence-electron chi connectivity index (χ4n) is 4.10.